The molecule has 0 atom stereocenters. The van der Waals surface area contributed by atoms with Gasteiger partial charge in [-0.25, -0.2) is 0 Å². The van der Waals surface area contributed by atoms with Gasteiger partial charge in [0.15, 0.2) is 5.78 Å². The standard InChI is InChI=1S/C14H9Br2ClO2/c1-19-9-3-5-11(13(16)7-9)14(18)10-4-2-8(17)6-12(10)15/h2-7H,1H3. The zero-order valence-corrected chi connectivity index (χ0v) is 13.8. The van der Waals surface area contributed by atoms with Crippen molar-refractivity contribution in [2.24, 2.45) is 0 Å². The lowest BCUT2D eigenvalue weighted by atomic mass is 10.0. The van der Waals surface area contributed by atoms with Crippen molar-refractivity contribution >= 4 is 49.2 Å². The van der Waals surface area contributed by atoms with E-state index in [1.54, 1.807) is 43.5 Å². The Hall–Kier alpha value is -0.840. The largest absolute Gasteiger partial charge is 0.497 e. The minimum Gasteiger partial charge on any atom is -0.497 e. The number of carbonyl (C=O) groups excluding carboxylic acids is 1. The summed E-state index contributed by atoms with van der Waals surface area (Å²) in [7, 11) is 1.58. The van der Waals surface area contributed by atoms with Crippen LogP contribution < -0.4 is 4.74 Å². The Balaban J connectivity index is 2.44. The number of benzene rings is 2. The van der Waals surface area contributed by atoms with Crippen LogP contribution in [0.3, 0.4) is 0 Å². The molecule has 0 N–H and O–H groups in total. The van der Waals surface area contributed by atoms with Gasteiger partial charge in [0.2, 0.25) is 0 Å². The third-order valence-corrected chi connectivity index (χ3v) is 4.14. The van der Waals surface area contributed by atoms with Crippen molar-refractivity contribution in [2.75, 3.05) is 7.11 Å². The van der Waals surface area contributed by atoms with Gasteiger partial charge in [-0.05, 0) is 68.3 Å². The summed E-state index contributed by atoms with van der Waals surface area (Å²) < 4.78 is 6.47. The van der Waals surface area contributed by atoms with Gasteiger partial charge >= 0.3 is 0 Å². The summed E-state index contributed by atoms with van der Waals surface area (Å²) in [5, 5.41) is 0.581. The molecular formula is C14H9Br2ClO2. The highest BCUT2D eigenvalue weighted by molar-refractivity contribution is 9.11. The van der Waals surface area contributed by atoms with Crippen molar-refractivity contribution in [3.05, 3.63) is 61.5 Å². The number of carbonyl (C=O) groups is 1. The van der Waals surface area contributed by atoms with Gasteiger partial charge in [-0.15, -0.1) is 0 Å². The van der Waals surface area contributed by atoms with E-state index in [1.807, 2.05) is 0 Å². The van der Waals surface area contributed by atoms with Gasteiger partial charge < -0.3 is 4.74 Å². The molecule has 0 aliphatic rings. The zero-order chi connectivity index (χ0) is 14.0. The quantitative estimate of drug-likeness (QED) is 0.665. The molecule has 0 bridgehead atoms. The van der Waals surface area contributed by atoms with E-state index >= 15 is 0 Å². The third-order valence-electron chi connectivity index (χ3n) is 2.60. The number of ketones is 1. The fourth-order valence-electron chi connectivity index (χ4n) is 1.63. The first-order valence-electron chi connectivity index (χ1n) is 5.36. The highest BCUT2D eigenvalue weighted by Gasteiger charge is 2.16. The highest BCUT2D eigenvalue weighted by Crippen LogP contribution is 2.28. The van der Waals surface area contributed by atoms with Crippen molar-refractivity contribution in [2.45, 2.75) is 0 Å². The van der Waals surface area contributed by atoms with E-state index in [1.165, 1.54) is 0 Å². The summed E-state index contributed by atoms with van der Waals surface area (Å²) >= 11 is 12.6. The number of rotatable bonds is 3. The van der Waals surface area contributed by atoms with Gasteiger partial charge in [0.1, 0.15) is 5.75 Å². The second-order valence-electron chi connectivity index (χ2n) is 3.80. The summed E-state index contributed by atoms with van der Waals surface area (Å²) in [6.07, 6.45) is 0. The van der Waals surface area contributed by atoms with Crippen LogP contribution in [0.5, 0.6) is 5.75 Å². The predicted octanol–water partition coefficient (Wildman–Crippen LogP) is 5.10. The molecule has 0 amide bonds. The molecule has 98 valence electrons. The van der Waals surface area contributed by atoms with Crippen LogP contribution in [0, 0.1) is 0 Å². The van der Waals surface area contributed by atoms with Gasteiger partial charge in [-0.3, -0.25) is 4.79 Å². The van der Waals surface area contributed by atoms with Crippen molar-refractivity contribution < 1.29 is 9.53 Å². The normalized spacial score (nSPS) is 10.3. The number of hydrogen-bond donors (Lipinski definition) is 0. The lowest BCUT2D eigenvalue weighted by Gasteiger charge is -2.08. The van der Waals surface area contributed by atoms with Crippen LogP contribution in [-0.2, 0) is 0 Å². The molecular weight excluding hydrogens is 395 g/mol. The number of methoxy groups -OCH3 is 1. The van der Waals surface area contributed by atoms with Crippen LogP contribution in [0.4, 0.5) is 0 Å². The molecule has 2 rings (SSSR count). The van der Waals surface area contributed by atoms with Crippen LogP contribution in [0.1, 0.15) is 15.9 Å². The van der Waals surface area contributed by atoms with Gasteiger partial charge in [-0.2, -0.15) is 0 Å². The summed E-state index contributed by atoms with van der Waals surface area (Å²) in [5.74, 6) is 0.608. The molecule has 2 nitrogen and oxygen atoms in total. The fourth-order valence-corrected chi connectivity index (χ4v) is 3.03. The smallest absolute Gasteiger partial charge is 0.195 e. The second kappa shape index (κ2) is 6.07. The molecule has 0 aliphatic carbocycles. The molecule has 0 saturated carbocycles. The molecule has 0 radical (unpaired) electrons. The van der Waals surface area contributed by atoms with E-state index in [0.29, 0.717) is 30.8 Å². The average Bonchev–Trinajstić information content (AvgIpc) is 2.37. The summed E-state index contributed by atoms with van der Waals surface area (Å²) in [4.78, 5) is 12.5. The molecule has 5 heteroatoms. The summed E-state index contributed by atoms with van der Waals surface area (Å²) in [6.45, 7) is 0. The molecule has 2 aromatic rings. The van der Waals surface area contributed by atoms with E-state index < -0.39 is 0 Å². The Bertz CT molecular complexity index is 641. The van der Waals surface area contributed by atoms with Crippen LogP contribution in [0.15, 0.2) is 45.3 Å². The maximum absolute atomic E-state index is 12.5. The maximum Gasteiger partial charge on any atom is 0.195 e. The van der Waals surface area contributed by atoms with E-state index in [2.05, 4.69) is 31.9 Å². The monoisotopic (exact) mass is 402 g/mol. The molecule has 0 aromatic heterocycles. The molecule has 0 aliphatic heterocycles. The minimum atomic E-state index is -0.0851. The van der Waals surface area contributed by atoms with Crippen LogP contribution >= 0.6 is 43.5 Å². The van der Waals surface area contributed by atoms with Gasteiger partial charge in [0, 0.05) is 25.1 Å². The topological polar surface area (TPSA) is 26.3 Å². The van der Waals surface area contributed by atoms with Gasteiger partial charge in [0.25, 0.3) is 0 Å². The Morgan fingerprint density at radius 1 is 1.05 bits per heavy atom. The molecule has 2 aromatic carbocycles. The van der Waals surface area contributed by atoms with E-state index in [0.717, 1.165) is 0 Å². The van der Waals surface area contributed by atoms with Crippen LogP contribution in [-0.4, -0.2) is 12.9 Å². The Morgan fingerprint density at radius 3 is 2.16 bits per heavy atom. The predicted molar refractivity (Wildman–Crippen MR) is 83.3 cm³/mol. The first kappa shape index (κ1) is 14.6. The van der Waals surface area contributed by atoms with Gasteiger partial charge in [0.05, 0.1) is 7.11 Å². The van der Waals surface area contributed by atoms with Crippen molar-refractivity contribution in [1.29, 1.82) is 0 Å². The van der Waals surface area contributed by atoms with Crippen molar-refractivity contribution in [1.82, 2.24) is 0 Å². The average molecular weight is 404 g/mol. The highest BCUT2D eigenvalue weighted by atomic mass is 79.9. The first-order valence-corrected chi connectivity index (χ1v) is 7.32. The van der Waals surface area contributed by atoms with E-state index in [4.69, 9.17) is 16.3 Å². The fraction of sp³-hybridized carbons (Fsp3) is 0.0714. The molecule has 0 spiro atoms. The molecule has 0 heterocycles. The Morgan fingerprint density at radius 2 is 1.63 bits per heavy atom. The Labute approximate surface area is 133 Å². The zero-order valence-electron chi connectivity index (χ0n) is 9.91. The Kier molecular flexibility index (Phi) is 4.66. The molecule has 19 heavy (non-hydrogen) atoms. The second-order valence-corrected chi connectivity index (χ2v) is 5.94. The maximum atomic E-state index is 12.5. The summed E-state index contributed by atoms with van der Waals surface area (Å²) in [5.41, 5.74) is 1.14. The molecule has 0 fully saturated rings. The number of hydrogen-bond acceptors (Lipinski definition) is 2. The van der Waals surface area contributed by atoms with Crippen molar-refractivity contribution in [3.8, 4) is 5.75 Å². The van der Waals surface area contributed by atoms with Crippen LogP contribution in [0.25, 0.3) is 0 Å². The number of ether oxygens (including phenoxy) is 1. The lowest BCUT2D eigenvalue weighted by Crippen LogP contribution is -2.03. The lowest BCUT2D eigenvalue weighted by molar-refractivity contribution is 0.103. The van der Waals surface area contributed by atoms with Crippen molar-refractivity contribution in [3.63, 3.8) is 0 Å². The number of halogens is 3. The van der Waals surface area contributed by atoms with E-state index in [-0.39, 0.29) is 5.78 Å². The third kappa shape index (κ3) is 3.19. The van der Waals surface area contributed by atoms with Gasteiger partial charge in [-0.1, -0.05) is 11.6 Å². The van der Waals surface area contributed by atoms with Crippen LogP contribution in [0.2, 0.25) is 5.02 Å². The minimum absolute atomic E-state index is 0.0851. The molecule has 0 saturated heterocycles. The summed E-state index contributed by atoms with van der Waals surface area (Å²) in [6, 6.07) is 10.3. The van der Waals surface area contributed by atoms with E-state index in [9.17, 15) is 4.79 Å². The SMILES string of the molecule is COc1ccc(C(=O)c2ccc(Cl)cc2Br)c(Br)c1. The first-order chi connectivity index (χ1) is 9.02. The molecule has 0 unspecified atom stereocenters.